The molecule has 0 amide bonds. The summed E-state index contributed by atoms with van der Waals surface area (Å²) in [5.74, 6) is -0.0982. The highest BCUT2D eigenvalue weighted by atomic mass is 32.1. The molecule has 0 spiro atoms. The van der Waals surface area contributed by atoms with Gasteiger partial charge in [0.05, 0.1) is 6.04 Å². The Hall–Kier alpha value is -1.19. The highest BCUT2D eigenvalue weighted by molar-refractivity contribution is 7.12. The predicted molar refractivity (Wildman–Crippen MR) is 80.4 cm³/mol. The van der Waals surface area contributed by atoms with Gasteiger partial charge < -0.3 is 5.32 Å². The number of aryl methyl sites for hydroxylation is 3. The van der Waals surface area contributed by atoms with Gasteiger partial charge in [0.25, 0.3) is 0 Å². The minimum absolute atomic E-state index is 0.0522. The molecule has 1 heterocycles. The van der Waals surface area contributed by atoms with Gasteiger partial charge in [-0.15, -0.1) is 11.3 Å². The van der Waals surface area contributed by atoms with Crippen LogP contribution in [0.5, 0.6) is 0 Å². The van der Waals surface area contributed by atoms with Crippen molar-refractivity contribution >= 4 is 11.3 Å². The van der Waals surface area contributed by atoms with Crippen LogP contribution in [0, 0.1) is 26.6 Å². The molecule has 1 N–H and O–H groups in total. The van der Waals surface area contributed by atoms with Crippen molar-refractivity contribution in [3.63, 3.8) is 0 Å². The Balaban J connectivity index is 2.51. The summed E-state index contributed by atoms with van der Waals surface area (Å²) in [5, 5.41) is 3.41. The Bertz CT molecular complexity index is 574. The Morgan fingerprint density at radius 2 is 1.95 bits per heavy atom. The van der Waals surface area contributed by atoms with Crippen LogP contribution in [0.2, 0.25) is 0 Å². The minimum atomic E-state index is -0.0982. The number of hydrogen-bond acceptors (Lipinski definition) is 2. The zero-order valence-electron chi connectivity index (χ0n) is 11.9. The van der Waals surface area contributed by atoms with Crippen molar-refractivity contribution in [1.29, 1.82) is 0 Å². The van der Waals surface area contributed by atoms with Crippen LogP contribution in [0.4, 0.5) is 4.39 Å². The normalized spacial score (nSPS) is 12.7. The highest BCUT2D eigenvalue weighted by Gasteiger charge is 2.21. The molecule has 0 aliphatic rings. The zero-order valence-corrected chi connectivity index (χ0v) is 12.7. The molecule has 19 heavy (non-hydrogen) atoms. The van der Waals surface area contributed by atoms with Crippen molar-refractivity contribution in [3.8, 4) is 0 Å². The van der Waals surface area contributed by atoms with E-state index >= 15 is 0 Å². The quantitative estimate of drug-likeness (QED) is 0.867. The standard InChI is InChI=1S/C16H20FNS/c1-5-18-15(16-11(3)9-12(4)19-16)13-8-6-7-10(2)14(13)17/h6-9,15,18H,5H2,1-4H3. The van der Waals surface area contributed by atoms with Gasteiger partial charge in [-0.2, -0.15) is 0 Å². The summed E-state index contributed by atoms with van der Waals surface area (Å²) >= 11 is 1.74. The number of nitrogens with one attached hydrogen (secondary N) is 1. The van der Waals surface area contributed by atoms with Gasteiger partial charge in [-0.25, -0.2) is 4.39 Å². The van der Waals surface area contributed by atoms with Crippen LogP contribution in [0.3, 0.4) is 0 Å². The summed E-state index contributed by atoms with van der Waals surface area (Å²) in [4.78, 5) is 2.48. The summed E-state index contributed by atoms with van der Waals surface area (Å²) < 4.78 is 14.4. The monoisotopic (exact) mass is 277 g/mol. The summed E-state index contributed by atoms with van der Waals surface area (Å²) in [6, 6.07) is 7.73. The second-order valence-electron chi connectivity index (χ2n) is 4.87. The van der Waals surface area contributed by atoms with Crippen molar-refractivity contribution in [3.05, 3.63) is 56.5 Å². The van der Waals surface area contributed by atoms with Crippen molar-refractivity contribution in [2.24, 2.45) is 0 Å². The van der Waals surface area contributed by atoms with Crippen molar-refractivity contribution in [1.82, 2.24) is 5.32 Å². The SMILES string of the molecule is CCNC(c1cccc(C)c1F)c1sc(C)cc1C. The topological polar surface area (TPSA) is 12.0 Å². The third-order valence-electron chi connectivity index (χ3n) is 3.28. The molecular formula is C16H20FNS. The second-order valence-corrected chi connectivity index (χ2v) is 6.16. The average Bonchev–Trinajstić information content (AvgIpc) is 2.69. The lowest BCUT2D eigenvalue weighted by molar-refractivity contribution is 0.556. The zero-order chi connectivity index (χ0) is 14.0. The van der Waals surface area contributed by atoms with Gasteiger partial charge in [0, 0.05) is 15.3 Å². The van der Waals surface area contributed by atoms with Crippen LogP contribution in [0.1, 0.15) is 39.4 Å². The van der Waals surface area contributed by atoms with Gasteiger partial charge in [0.2, 0.25) is 0 Å². The first-order valence-corrected chi connectivity index (χ1v) is 7.41. The van der Waals surface area contributed by atoms with Gasteiger partial charge in [0.15, 0.2) is 0 Å². The molecule has 1 aromatic heterocycles. The minimum Gasteiger partial charge on any atom is -0.306 e. The molecule has 1 nitrogen and oxygen atoms in total. The predicted octanol–water partition coefficient (Wildman–Crippen LogP) is 4.51. The molecule has 2 rings (SSSR count). The average molecular weight is 277 g/mol. The fourth-order valence-electron chi connectivity index (χ4n) is 2.39. The summed E-state index contributed by atoms with van der Waals surface area (Å²) in [5.41, 5.74) is 2.67. The third-order valence-corrected chi connectivity index (χ3v) is 4.50. The maximum atomic E-state index is 14.4. The lowest BCUT2D eigenvalue weighted by atomic mass is 10.00. The van der Waals surface area contributed by atoms with Crippen LogP contribution in [-0.4, -0.2) is 6.54 Å². The van der Waals surface area contributed by atoms with Crippen molar-refractivity contribution < 1.29 is 4.39 Å². The van der Waals surface area contributed by atoms with E-state index in [1.165, 1.54) is 15.3 Å². The first-order chi connectivity index (χ1) is 9.04. The fraction of sp³-hybridized carbons (Fsp3) is 0.375. The number of thiophene rings is 1. The van der Waals surface area contributed by atoms with E-state index in [0.29, 0.717) is 5.56 Å². The summed E-state index contributed by atoms with van der Waals surface area (Å²) in [7, 11) is 0. The fourth-order valence-corrected chi connectivity index (χ4v) is 3.52. The molecular weight excluding hydrogens is 257 g/mol. The smallest absolute Gasteiger partial charge is 0.131 e. The van der Waals surface area contributed by atoms with E-state index in [1.807, 2.05) is 25.1 Å². The van der Waals surface area contributed by atoms with Gasteiger partial charge in [-0.05, 0) is 44.5 Å². The molecule has 0 fully saturated rings. The van der Waals surface area contributed by atoms with Gasteiger partial charge in [0.1, 0.15) is 5.82 Å². The number of benzene rings is 1. The van der Waals surface area contributed by atoms with Crippen LogP contribution in [0.15, 0.2) is 24.3 Å². The van der Waals surface area contributed by atoms with E-state index in [4.69, 9.17) is 0 Å². The maximum Gasteiger partial charge on any atom is 0.131 e. The Morgan fingerprint density at radius 1 is 1.21 bits per heavy atom. The maximum absolute atomic E-state index is 14.4. The molecule has 0 bridgehead atoms. The lowest BCUT2D eigenvalue weighted by Crippen LogP contribution is -2.23. The molecule has 1 atom stereocenters. The number of hydrogen-bond donors (Lipinski definition) is 1. The number of halogens is 1. The van der Waals surface area contributed by atoms with Gasteiger partial charge in [-0.3, -0.25) is 0 Å². The van der Waals surface area contributed by atoms with E-state index in [-0.39, 0.29) is 11.9 Å². The van der Waals surface area contributed by atoms with E-state index in [2.05, 4.69) is 32.2 Å². The molecule has 0 radical (unpaired) electrons. The first-order valence-electron chi connectivity index (χ1n) is 6.60. The Kier molecular flexibility index (Phi) is 4.38. The molecule has 0 aliphatic carbocycles. The first kappa shape index (κ1) is 14.2. The molecule has 1 aromatic carbocycles. The molecule has 102 valence electrons. The molecule has 0 saturated heterocycles. The highest BCUT2D eigenvalue weighted by Crippen LogP contribution is 2.33. The van der Waals surface area contributed by atoms with Crippen LogP contribution >= 0.6 is 11.3 Å². The molecule has 0 aliphatic heterocycles. The van der Waals surface area contributed by atoms with Crippen molar-refractivity contribution in [2.75, 3.05) is 6.54 Å². The van der Waals surface area contributed by atoms with Crippen molar-refractivity contribution in [2.45, 2.75) is 33.7 Å². The van der Waals surface area contributed by atoms with Crippen LogP contribution in [0.25, 0.3) is 0 Å². The largest absolute Gasteiger partial charge is 0.306 e. The van der Waals surface area contributed by atoms with E-state index in [9.17, 15) is 4.39 Å². The van der Waals surface area contributed by atoms with E-state index in [0.717, 1.165) is 12.1 Å². The number of rotatable bonds is 4. The second kappa shape index (κ2) is 5.85. The molecule has 1 unspecified atom stereocenters. The Morgan fingerprint density at radius 3 is 2.53 bits per heavy atom. The molecule has 2 aromatic rings. The van der Waals surface area contributed by atoms with Crippen LogP contribution in [-0.2, 0) is 0 Å². The summed E-state index contributed by atoms with van der Waals surface area (Å²) in [6.07, 6.45) is 0. The van der Waals surface area contributed by atoms with E-state index in [1.54, 1.807) is 11.3 Å². The van der Waals surface area contributed by atoms with Gasteiger partial charge >= 0.3 is 0 Å². The van der Waals surface area contributed by atoms with Gasteiger partial charge in [-0.1, -0.05) is 25.1 Å². The van der Waals surface area contributed by atoms with E-state index < -0.39 is 0 Å². The molecule has 3 heteroatoms. The van der Waals surface area contributed by atoms with Crippen LogP contribution < -0.4 is 5.32 Å². The third kappa shape index (κ3) is 2.88. The Labute approximate surface area is 118 Å². The molecule has 0 saturated carbocycles. The lowest BCUT2D eigenvalue weighted by Gasteiger charge is -2.19. The summed E-state index contributed by atoms with van der Waals surface area (Å²) in [6.45, 7) is 8.87.